The van der Waals surface area contributed by atoms with E-state index in [-0.39, 0.29) is 25.7 Å². The first kappa shape index (κ1) is 98.1. The number of hydrogen-bond donors (Lipinski definition) is 3. The van der Waals surface area contributed by atoms with Gasteiger partial charge in [0.25, 0.3) is 0 Å². The van der Waals surface area contributed by atoms with Crippen LogP contribution in [-0.4, -0.2) is 96.7 Å². The van der Waals surface area contributed by atoms with E-state index in [9.17, 15) is 43.2 Å². The largest absolute Gasteiger partial charge is 0.472 e. The summed E-state index contributed by atoms with van der Waals surface area (Å²) in [5.74, 6) is -0.491. The Morgan fingerprint density at radius 1 is 0.270 bits per heavy atom. The van der Waals surface area contributed by atoms with Crippen molar-refractivity contribution in [3.05, 3.63) is 0 Å². The summed E-state index contributed by atoms with van der Waals surface area (Å²) in [6, 6.07) is 0. The molecule has 17 nitrogen and oxygen atoms in total. The first-order valence-electron chi connectivity index (χ1n) is 42.0. The van der Waals surface area contributed by atoms with Gasteiger partial charge < -0.3 is 33.8 Å². The third-order valence-electron chi connectivity index (χ3n) is 19.0. The van der Waals surface area contributed by atoms with Crippen molar-refractivity contribution in [3.63, 3.8) is 0 Å². The molecule has 0 bridgehead atoms. The van der Waals surface area contributed by atoms with E-state index in [2.05, 4.69) is 41.5 Å². The lowest BCUT2D eigenvalue weighted by molar-refractivity contribution is -0.161. The number of carbonyl (C=O) groups excluding carboxylic acids is 4. The molecule has 19 heteroatoms. The number of hydrogen-bond acceptors (Lipinski definition) is 15. The lowest BCUT2D eigenvalue weighted by Crippen LogP contribution is -2.30. The molecule has 0 spiro atoms. The summed E-state index contributed by atoms with van der Waals surface area (Å²) < 4.78 is 68.7. The van der Waals surface area contributed by atoms with Gasteiger partial charge in [0.05, 0.1) is 26.4 Å². The Hall–Kier alpha value is -1.94. The monoisotopic (exact) mass is 1470 g/mol. The van der Waals surface area contributed by atoms with E-state index in [1.807, 2.05) is 0 Å². The highest BCUT2D eigenvalue weighted by Crippen LogP contribution is 2.45. The summed E-state index contributed by atoms with van der Waals surface area (Å²) >= 11 is 0. The minimum atomic E-state index is -4.96. The maximum absolute atomic E-state index is 13.1. The Kier molecular flexibility index (Phi) is 71.2. The Labute approximate surface area is 613 Å². The van der Waals surface area contributed by atoms with Crippen LogP contribution in [0.25, 0.3) is 0 Å². The minimum absolute atomic E-state index is 0.108. The number of ether oxygens (including phenoxy) is 4. The lowest BCUT2D eigenvalue weighted by atomic mass is 10.0. The molecular formula is C81H158O17P2. The van der Waals surface area contributed by atoms with E-state index >= 15 is 0 Å². The average molecular weight is 1470 g/mol. The van der Waals surface area contributed by atoms with Gasteiger partial charge in [-0.3, -0.25) is 37.3 Å². The van der Waals surface area contributed by atoms with Gasteiger partial charge >= 0.3 is 39.5 Å². The normalized spacial score (nSPS) is 13.9. The Morgan fingerprint density at radius 3 is 0.680 bits per heavy atom. The summed E-state index contributed by atoms with van der Waals surface area (Å²) in [5.41, 5.74) is 0. The lowest BCUT2D eigenvalue weighted by Gasteiger charge is -2.21. The second kappa shape index (κ2) is 72.6. The molecule has 0 aliphatic heterocycles. The molecule has 0 rings (SSSR count). The number of aliphatic hydroxyl groups is 1. The third-order valence-corrected chi connectivity index (χ3v) is 20.9. The molecular weight excluding hydrogens is 1310 g/mol. The highest BCUT2D eigenvalue weighted by atomic mass is 31.2. The molecule has 5 atom stereocenters. The first-order chi connectivity index (χ1) is 48.4. The van der Waals surface area contributed by atoms with E-state index in [1.54, 1.807) is 0 Å². The molecule has 3 N–H and O–H groups in total. The van der Waals surface area contributed by atoms with Crippen LogP contribution >= 0.6 is 15.6 Å². The molecule has 2 unspecified atom stereocenters. The van der Waals surface area contributed by atoms with E-state index in [0.29, 0.717) is 25.7 Å². The van der Waals surface area contributed by atoms with Crippen molar-refractivity contribution in [2.75, 3.05) is 39.6 Å². The Bertz CT molecular complexity index is 1920. The molecule has 0 aromatic rings. The van der Waals surface area contributed by atoms with Gasteiger partial charge in [-0.05, 0) is 37.5 Å². The van der Waals surface area contributed by atoms with Gasteiger partial charge in [-0.25, -0.2) is 9.13 Å². The second-order valence-corrected chi connectivity index (χ2v) is 33.0. The summed E-state index contributed by atoms with van der Waals surface area (Å²) in [7, 11) is -9.92. The minimum Gasteiger partial charge on any atom is -0.462 e. The van der Waals surface area contributed by atoms with E-state index in [4.69, 9.17) is 37.0 Å². The molecule has 0 aromatic carbocycles. The van der Waals surface area contributed by atoms with Crippen molar-refractivity contribution in [2.45, 2.75) is 445 Å². The van der Waals surface area contributed by atoms with Crippen LogP contribution < -0.4 is 0 Å². The molecule has 100 heavy (non-hydrogen) atoms. The van der Waals surface area contributed by atoms with Gasteiger partial charge in [-0.15, -0.1) is 0 Å². The number of unbranched alkanes of at least 4 members (excludes halogenated alkanes) is 50. The summed E-state index contributed by atoms with van der Waals surface area (Å²) in [4.78, 5) is 73.0. The zero-order chi connectivity index (χ0) is 73.5. The molecule has 594 valence electrons. The predicted molar refractivity (Wildman–Crippen MR) is 409 cm³/mol. The van der Waals surface area contributed by atoms with Crippen LogP contribution in [0.3, 0.4) is 0 Å². The predicted octanol–water partition coefficient (Wildman–Crippen LogP) is 24.3. The first-order valence-corrected chi connectivity index (χ1v) is 45.0. The number of esters is 4. The molecule has 0 fully saturated rings. The average Bonchev–Trinajstić information content (AvgIpc) is 1.84. The number of rotatable bonds is 80. The second-order valence-electron chi connectivity index (χ2n) is 30.1. The number of aliphatic hydroxyl groups excluding tert-OH is 1. The van der Waals surface area contributed by atoms with Crippen molar-refractivity contribution in [1.29, 1.82) is 0 Å². The fourth-order valence-corrected chi connectivity index (χ4v) is 14.1. The highest BCUT2D eigenvalue weighted by Gasteiger charge is 2.30. The van der Waals surface area contributed by atoms with Gasteiger partial charge in [0.1, 0.15) is 19.3 Å². The van der Waals surface area contributed by atoms with Crippen LogP contribution in [0.5, 0.6) is 0 Å². The Morgan fingerprint density at radius 2 is 0.460 bits per heavy atom. The molecule has 0 heterocycles. The van der Waals surface area contributed by atoms with Crippen LogP contribution in [0.4, 0.5) is 0 Å². The molecule has 0 amide bonds. The zero-order valence-corrected chi connectivity index (χ0v) is 67.3. The fraction of sp³-hybridized carbons (Fsp3) is 0.951. The standard InChI is InChI=1S/C81H158O17P2/c1-7-9-11-13-15-17-19-34-41-47-53-59-65-80(85)97-76(69-91-78(83)63-57-51-45-39-31-18-16-14-12-10-8-2)71-95-99(87,88)93-67-75(82)68-94-100(89,90)96-72-77(70-92-79(84)64-58-52-46-40-35-29-26-22-24-28-33-38-44-50-56-62-74(5)6)98-81(86)66-60-54-48-42-36-30-25-21-20-23-27-32-37-43-49-55-61-73(3)4/h73-77,82H,7-72H2,1-6H3,(H,87,88)(H,89,90)/t75-,76+,77+/m0/s1. The maximum atomic E-state index is 13.1. The highest BCUT2D eigenvalue weighted by molar-refractivity contribution is 7.47. The molecule has 0 aliphatic rings. The SMILES string of the molecule is CCCCCCCCCCCCCCC(=O)O[C@H](COC(=O)CCCCCCCCCCCCC)COP(=O)(O)OC[C@H](O)COP(=O)(O)OC[C@@H](COC(=O)CCCCCCCCCCCCCCCCCC(C)C)OC(=O)CCCCCCCCCCCCCCCCCCC(C)C. The molecule has 0 radical (unpaired) electrons. The van der Waals surface area contributed by atoms with Gasteiger partial charge in [-0.2, -0.15) is 0 Å². The number of carbonyl (C=O) groups is 4. The van der Waals surface area contributed by atoms with Crippen molar-refractivity contribution in [3.8, 4) is 0 Å². The van der Waals surface area contributed by atoms with Crippen LogP contribution in [-0.2, 0) is 65.4 Å². The van der Waals surface area contributed by atoms with Crippen LogP contribution in [0.2, 0.25) is 0 Å². The van der Waals surface area contributed by atoms with Gasteiger partial charge in [0.2, 0.25) is 0 Å². The van der Waals surface area contributed by atoms with Crippen molar-refractivity contribution >= 4 is 39.5 Å². The smallest absolute Gasteiger partial charge is 0.462 e. The van der Waals surface area contributed by atoms with Gasteiger partial charge in [-0.1, -0.05) is 375 Å². The zero-order valence-electron chi connectivity index (χ0n) is 65.5. The summed E-state index contributed by atoms with van der Waals surface area (Å²) in [6.45, 7) is 9.69. The van der Waals surface area contributed by atoms with Gasteiger partial charge in [0.15, 0.2) is 12.2 Å². The molecule has 0 aromatic heterocycles. The van der Waals surface area contributed by atoms with Crippen molar-refractivity contribution in [1.82, 2.24) is 0 Å². The fourth-order valence-electron chi connectivity index (χ4n) is 12.5. The maximum Gasteiger partial charge on any atom is 0.472 e. The quantitative estimate of drug-likeness (QED) is 0.0222. The van der Waals surface area contributed by atoms with Crippen LogP contribution in [0, 0.1) is 11.8 Å². The molecule has 0 saturated heterocycles. The van der Waals surface area contributed by atoms with Crippen molar-refractivity contribution < 1.29 is 80.2 Å². The van der Waals surface area contributed by atoms with Crippen LogP contribution in [0.15, 0.2) is 0 Å². The molecule has 0 aliphatic carbocycles. The van der Waals surface area contributed by atoms with E-state index in [0.717, 1.165) is 102 Å². The topological polar surface area (TPSA) is 237 Å². The van der Waals surface area contributed by atoms with E-state index in [1.165, 1.54) is 244 Å². The van der Waals surface area contributed by atoms with Crippen molar-refractivity contribution in [2.24, 2.45) is 11.8 Å². The van der Waals surface area contributed by atoms with Gasteiger partial charge in [0, 0.05) is 25.7 Å². The number of phosphoric ester groups is 2. The Balaban J connectivity index is 5.23. The molecule has 0 saturated carbocycles. The third kappa shape index (κ3) is 74.3. The number of phosphoric acid groups is 2. The van der Waals surface area contributed by atoms with E-state index < -0.39 is 97.5 Å². The van der Waals surface area contributed by atoms with Crippen LogP contribution in [0.1, 0.15) is 427 Å². The summed E-state index contributed by atoms with van der Waals surface area (Å²) in [6.07, 6.45) is 62.3. The summed E-state index contributed by atoms with van der Waals surface area (Å²) in [5, 5.41) is 10.6.